The van der Waals surface area contributed by atoms with Crippen LogP contribution in [0, 0.1) is 6.92 Å². The van der Waals surface area contributed by atoms with Gasteiger partial charge in [-0.3, -0.25) is 14.9 Å². The third-order valence-electron chi connectivity index (χ3n) is 2.82. The second-order valence-corrected chi connectivity index (χ2v) is 4.46. The highest BCUT2D eigenvalue weighted by Gasteiger charge is 2.28. The zero-order valence-corrected chi connectivity index (χ0v) is 9.97. The van der Waals surface area contributed by atoms with Crippen molar-refractivity contribution in [2.24, 2.45) is 0 Å². The maximum Gasteiger partial charge on any atom is 0.295 e. The average Bonchev–Trinajstić information content (AvgIpc) is 3.07. The lowest BCUT2D eigenvalue weighted by Gasteiger charge is -2.02. The van der Waals surface area contributed by atoms with Crippen molar-refractivity contribution in [1.29, 1.82) is 0 Å². The number of amides is 1. The van der Waals surface area contributed by atoms with Gasteiger partial charge in [0.2, 0.25) is 5.82 Å². The van der Waals surface area contributed by atoms with Crippen LogP contribution in [-0.4, -0.2) is 26.1 Å². The Bertz CT molecular complexity index is 588. The Balaban J connectivity index is 1.73. The predicted molar refractivity (Wildman–Crippen MR) is 65.3 cm³/mol. The number of nitrogens with zero attached hydrogens (tertiary/aromatic N) is 3. The molecule has 0 spiro atoms. The first kappa shape index (κ1) is 10.9. The highest BCUT2D eigenvalue weighted by molar-refractivity contribution is 6.01. The van der Waals surface area contributed by atoms with Crippen LogP contribution < -0.4 is 5.32 Å². The van der Waals surface area contributed by atoms with Crippen LogP contribution in [0.4, 0.5) is 5.69 Å². The first-order chi connectivity index (χ1) is 8.72. The number of aromatic nitrogens is 4. The topological polar surface area (TPSA) is 83.6 Å². The third-order valence-corrected chi connectivity index (χ3v) is 2.82. The highest BCUT2D eigenvalue weighted by Crippen LogP contribution is 2.37. The predicted octanol–water partition coefficient (Wildman–Crippen LogP) is 1.64. The average molecular weight is 243 g/mol. The maximum absolute atomic E-state index is 11.9. The van der Waals surface area contributed by atoms with Crippen LogP contribution in [0.5, 0.6) is 0 Å². The van der Waals surface area contributed by atoms with E-state index in [2.05, 4.69) is 25.5 Å². The van der Waals surface area contributed by atoms with Gasteiger partial charge in [0.15, 0.2) is 0 Å². The van der Waals surface area contributed by atoms with E-state index in [0.29, 0.717) is 11.6 Å². The van der Waals surface area contributed by atoms with E-state index in [9.17, 15) is 4.79 Å². The molecule has 6 heteroatoms. The third kappa shape index (κ3) is 2.22. The molecule has 1 amide bonds. The molecule has 3 rings (SSSR count). The number of carbonyl (C=O) groups is 1. The van der Waals surface area contributed by atoms with Crippen LogP contribution in [0.15, 0.2) is 18.3 Å². The molecular weight excluding hydrogens is 230 g/mol. The van der Waals surface area contributed by atoms with Gasteiger partial charge in [-0.05, 0) is 31.9 Å². The molecule has 0 saturated heterocycles. The summed E-state index contributed by atoms with van der Waals surface area (Å²) in [6, 6.07) is 3.53. The van der Waals surface area contributed by atoms with Gasteiger partial charge < -0.3 is 5.32 Å². The molecule has 0 atom stereocenters. The summed E-state index contributed by atoms with van der Waals surface area (Å²) in [5.41, 5.74) is 1.55. The van der Waals surface area contributed by atoms with Crippen molar-refractivity contribution in [2.45, 2.75) is 25.7 Å². The molecule has 92 valence electrons. The van der Waals surface area contributed by atoms with Crippen molar-refractivity contribution in [3.8, 4) is 0 Å². The molecule has 0 aliphatic heterocycles. The number of hydrogen-bond donors (Lipinski definition) is 2. The molecule has 18 heavy (non-hydrogen) atoms. The second kappa shape index (κ2) is 4.21. The van der Waals surface area contributed by atoms with Crippen molar-refractivity contribution in [1.82, 2.24) is 20.2 Å². The van der Waals surface area contributed by atoms with Crippen molar-refractivity contribution in [3.63, 3.8) is 0 Å². The van der Waals surface area contributed by atoms with Gasteiger partial charge in [-0.15, -0.1) is 5.10 Å². The SMILES string of the molecule is Cc1cc(NC(=O)c2n[nH]c(C3CC3)n2)ccn1. The number of H-pyrrole nitrogens is 1. The molecule has 1 saturated carbocycles. The Labute approximate surface area is 104 Å². The summed E-state index contributed by atoms with van der Waals surface area (Å²) in [5.74, 6) is 1.16. The summed E-state index contributed by atoms with van der Waals surface area (Å²) in [4.78, 5) is 20.2. The smallest absolute Gasteiger partial charge is 0.295 e. The Morgan fingerprint density at radius 2 is 2.33 bits per heavy atom. The molecule has 0 bridgehead atoms. The summed E-state index contributed by atoms with van der Waals surface area (Å²) in [6.07, 6.45) is 3.90. The quantitative estimate of drug-likeness (QED) is 0.858. The number of aryl methyl sites for hydroxylation is 1. The molecule has 6 nitrogen and oxygen atoms in total. The maximum atomic E-state index is 11.9. The lowest BCUT2D eigenvalue weighted by molar-refractivity contribution is 0.101. The van der Waals surface area contributed by atoms with E-state index in [-0.39, 0.29) is 11.7 Å². The van der Waals surface area contributed by atoms with Crippen molar-refractivity contribution in [3.05, 3.63) is 35.7 Å². The first-order valence-corrected chi connectivity index (χ1v) is 5.88. The fraction of sp³-hybridized carbons (Fsp3) is 0.333. The Hall–Kier alpha value is -2.24. The Morgan fingerprint density at radius 1 is 1.50 bits per heavy atom. The van der Waals surface area contributed by atoms with Crippen molar-refractivity contribution >= 4 is 11.6 Å². The summed E-state index contributed by atoms with van der Waals surface area (Å²) in [5, 5.41) is 9.49. The molecule has 0 radical (unpaired) electrons. The highest BCUT2D eigenvalue weighted by atomic mass is 16.2. The van der Waals surface area contributed by atoms with E-state index >= 15 is 0 Å². The van der Waals surface area contributed by atoms with Gasteiger partial charge in [-0.1, -0.05) is 0 Å². The number of anilines is 1. The van der Waals surface area contributed by atoms with E-state index in [4.69, 9.17) is 0 Å². The fourth-order valence-corrected chi connectivity index (χ4v) is 1.73. The van der Waals surface area contributed by atoms with Gasteiger partial charge in [-0.25, -0.2) is 4.98 Å². The standard InChI is InChI=1S/C12H13N5O/c1-7-6-9(4-5-13-7)14-12(18)11-15-10(16-17-11)8-2-3-8/h4-6,8H,2-3H2,1H3,(H,13,14,18)(H,15,16,17). The lowest BCUT2D eigenvalue weighted by atomic mass is 10.3. The van der Waals surface area contributed by atoms with E-state index in [1.54, 1.807) is 18.3 Å². The van der Waals surface area contributed by atoms with Crippen molar-refractivity contribution in [2.75, 3.05) is 5.32 Å². The van der Waals surface area contributed by atoms with Crippen LogP contribution in [-0.2, 0) is 0 Å². The molecule has 1 fully saturated rings. The summed E-state index contributed by atoms with van der Waals surface area (Å²) in [7, 11) is 0. The number of carbonyl (C=O) groups excluding carboxylic acids is 1. The fourth-order valence-electron chi connectivity index (χ4n) is 1.73. The van der Waals surface area contributed by atoms with Gasteiger partial charge in [0.05, 0.1) is 0 Å². The number of rotatable bonds is 3. The lowest BCUT2D eigenvalue weighted by Crippen LogP contribution is -2.14. The number of nitrogens with one attached hydrogen (secondary N) is 2. The van der Waals surface area contributed by atoms with Crippen LogP contribution in [0.2, 0.25) is 0 Å². The van der Waals surface area contributed by atoms with Crippen molar-refractivity contribution < 1.29 is 4.79 Å². The van der Waals surface area contributed by atoms with Crippen LogP contribution >= 0.6 is 0 Å². The molecule has 2 aromatic rings. The monoisotopic (exact) mass is 243 g/mol. The molecule has 2 aromatic heterocycles. The zero-order chi connectivity index (χ0) is 12.5. The molecule has 0 unspecified atom stereocenters. The van der Waals surface area contributed by atoms with Crippen LogP contribution in [0.1, 0.15) is 40.9 Å². The summed E-state index contributed by atoms with van der Waals surface area (Å²) < 4.78 is 0. The van der Waals surface area contributed by atoms with E-state index in [0.717, 1.165) is 24.4 Å². The van der Waals surface area contributed by atoms with Gasteiger partial charge in [0.1, 0.15) is 5.82 Å². The summed E-state index contributed by atoms with van der Waals surface area (Å²) >= 11 is 0. The number of hydrogen-bond acceptors (Lipinski definition) is 4. The summed E-state index contributed by atoms with van der Waals surface area (Å²) in [6.45, 7) is 1.87. The molecule has 1 aliphatic rings. The minimum Gasteiger partial charge on any atom is -0.319 e. The second-order valence-electron chi connectivity index (χ2n) is 4.46. The number of aromatic amines is 1. The Morgan fingerprint density at radius 3 is 3.06 bits per heavy atom. The Kier molecular flexibility index (Phi) is 2.55. The van der Waals surface area contributed by atoms with Gasteiger partial charge in [-0.2, -0.15) is 0 Å². The molecule has 0 aromatic carbocycles. The van der Waals surface area contributed by atoms with E-state index in [1.807, 2.05) is 6.92 Å². The largest absolute Gasteiger partial charge is 0.319 e. The van der Waals surface area contributed by atoms with Gasteiger partial charge >= 0.3 is 0 Å². The van der Waals surface area contributed by atoms with E-state index in [1.165, 1.54) is 0 Å². The molecular formula is C12H13N5O. The van der Waals surface area contributed by atoms with Crippen LogP contribution in [0.25, 0.3) is 0 Å². The molecule has 1 aliphatic carbocycles. The normalized spacial score (nSPS) is 14.5. The minimum atomic E-state index is -0.302. The van der Waals surface area contributed by atoms with E-state index < -0.39 is 0 Å². The van der Waals surface area contributed by atoms with Gasteiger partial charge in [0, 0.05) is 23.5 Å². The van der Waals surface area contributed by atoms with Gasteiger partial charge in [0.25, 0.3) is 5.91 Å². The zero-order valence-electron chi connectivity index (χ0n) is 9.97. The molecule has 2 N–H and O–H groups in total. The first-order valence-electron chi connectivity index (χ1n) is 5.88. The van der Waals surface area contributed by atoms with Crippen LogP contribution in [0.3, 0.4) is 0 Å². The molecule has 2 heterocycles. The minimum absolute atomic E-state index is 0.186. The number of pyridine rings is 1.